The molecule has 2 aromatic rings. The molecule has 3 nitrogen and oxygen atoms in total. The molecule has 0 aliphatic rings. The SMILES string of the molecule is FC(F)(F)Oc1c(I)ccc2[nH]cnc12. The summed E-state index contributed by atoms with van der Waals surface area (Å²) in [5, 5.41) is 0. The van der Waals surface area contributed by atoms with Crippen molar-refractivity contribution >= 4 is 33.6 Å². The van der Waals surface area contributed by atoms with Crippen LogP contribution in [0.3, 0.4) is 0 Å². The Kier molecular flexibility index (Phi) is 2.49. The van der Waals surface area contributed by atoms with E-state index in [9.17, 15) is 13.2 Å². The van der Waals surface area contributed by atoms with Crippen LogP contribution in [0.15, 0.2) is 18.5 Å². The van der Waals surface area contributed by atoms with Gasteiger partial charge in [-0.05, 0) is 34.7 Å². The molecule has 1 aromatic carbocycles. The van der Waals surface area contributed by atoms with Crippen LogP contribution in [0.4, 0.5) is 13.2 Å². The van der Waals surface area contributed by atoms with Crippen molar-refractivity contribution in [3.63, 3.8) is 0 Å². The number of nitrogens with one attached hydrogen (secondary N) is 1. The third-order valence-electron chi connectivity index (χ3n) is 1.71. The molecule has 0 aliphatic heterocycles. The smallest absolute Gasteiger partial charge is 0.402 e. The van der Waals surface area contributed by atoms with Crippen LogP contribution in [0.5, 0.6) is 5.75 Å². The predicted octanol–water partition coefficient (Wildman–Crippen LogP) is 3.07. The van der Waals surface area contributed by atoms with E-state index in [1.165, 1.54) is 12.4 Å². The minimum Gasteiger partial charge on any atom is -0.402 e. The van der Waals surface area contributed by atoms with Crippen molar-refractivity contribution < 1.29 is 17.9 Å². The van der Waals surface area contributed by atoms with E-state index in [1.54, 1.807) is 28.7 Å². The lowest BCUT2D eigenvalue weighted by molar-refractivity contribution is -0.274. The Bertz CT molecular complexity index is 494. The van der Waals surface area contributed by atoms with Crippen molar-refractivity contribution in [2.75, 3.05) is 0 Å². The molecule has 2 rings (SSSR count). The van der Waals surface area contributed by atoms with E-state index in [0.29, 0.717) is 9.09 Å². The molecule has 80 valence electrons. The minimum atomic E-state index is -4.70. The van der Waals surface area contributed by atoms with Crippen LogP contribution < -0.4 is 4.74 Å². The molecule has 0 amide bonds. The predicted molar refractivity (Wildman–Crippen MR) is 55.5 cm³/mol. The second-order valence-electron chi connectivity index (χ2n) is 2.72. The molecule has 0 bridgehead atoms. The molecular weight excluding hydrogens is 324 g/mol. The average Bonchev–Trinajstić information content (AvgIpc) is 2.56. The zero-order valence-electron chi connectivity index (χ0n) is 7.10. The van der Waals surface area contributed by atoms with Gasteiger partial charge < -0.3 is 9.72 Å². The number of hydrogen-bond donors (Lipinski definition) is 1. The van der Waals surface area contributed by atoms with Crippen LogP contribution in [0, 0.1) is 3.57 Å². The Morgan fingerprint density at radius 1 is 1.33 bits per heavy atom. The maximum absolute atomic E-state index is 12.1. The Morgan fingerprint density at radius 2 is 2.07 bits per heavy atom. The van der Waals surface area contributed by atoms with E-state index in [4.69, 9.17) is 0 Å². The fourth-order valence-corrected chi connectivity index (χ4v) is 1.72. The summed E-state index contributed by atoms with van der Waals surface area (Å²) in [5.74, 6) is -0.262. The van der Waals surface area contributed by atoms with Crippen molar-refractivity contribution in [2.24, 2.45) is 0 Å². The van der Waals surface area contributed by atoms with Crippen LogP contribution in [-0.4, -0.2) is 16.3 Å². The quantitative estimate of drug-likeness (QED) is 0.817. The lowest BCUT2D eigenvalue weighted by Gasteiger charge is -2.10. The number of H-pyrrole nitrogens is 1. The highest BCUT2D eigenvalue weighted by Gasteiger charge is 2.33. The second-order valence-corrected chi connectivity index (χ2v) is 3.89. The van der Waals surface area contributed by atoms with Crippen molar-refractivity contribution in [1.82, 2.24) is 9.97 Å². The normalized spacial score (nSPS) is 12.0. The topological polar surface area (TPSA) is 37.9 Å². The lowest BCUT2D eigenvalue weighted by Crippen LogP contribution is -2.18. The number of fused-ring (bicyclic) bond motifs is 1. The summed E-state index contributed by atoms with van der Waals surface area (Å²) in [6.45, 7) is 0. The van der Waals surface area contributed by atoms with Crippen LogP contribution in [0.2, 0.25) is 0 Å². The van der Waals surface area contributed by atoms with Gasteiger partial charge in [-0.1, -0.05) is 0 Å². The number of halogens is 4. The van der Waals surface area contributed by atoms with Gasteiger partial charge in [0.25, 0.3) is 0 Å². The van der Waals surface area contributed by atoms with Crippen molar-refractivity contribution in [3.8, 4) is 5.75 Å². The number of imidazole rings is 1. The van der Waals surface area contributed by atoms with Crippen molar-refractivity contribution in [1.29, 1.82) is 0 Å². The first-order chi connectivity index (χ1) is 6.97. The highest BCUT2D eigenvalue weighted by Crippen LogP contribution is 2.33. The minimum absolute atomic E-state index is 0.180. The number of ether oxygens (including phenoxy) is 1. The Hall–Kier alpha value is -0.990. The summed E-state index contributed by atoms with van der Waals surface area (Å²) in [6, 6.07) is 3.18. The number of alkyl halides is 3. The number of rotatable bonds is 1. The molecular formula is C8H4F3IN2O. The zero-order chi connectivity index (χ0) is 11.1. The van der Waals surface area contributed by atoms with Gasteiger partial charge in [-0.15, -0.1) is 13.2 Å². The standard InChI is InChI=1S/C8H4F3IN2O/c9-8(10,11)15-7-4(12)1-2-5-6(7)14-3-13-5/h1-3H,(H,13,14). The molecule has 0 fully saturated rings. The molecule has 0 atom stereocenters. The van der Waals surface area contributed by atoms with Gasteiger partial charge in [-0.2, -0.15) is 0 Å². The molecule has 7 heteroatoms. The van der Waals surface area contributed by atoms with Crippen LogP contribution in [0.1, 0.15) is 0 Å². The van der Waals surface area contributed by atoms with E-state index in [1.807, 2.05) is 0 Å². The summed E-state index contributed by atoms with van der Waals surface area (Å²) in [6.07, 6.45) is -3.38. The Balaban J connectivity index is 2.56. The largest absolute Gasteiger partial charge is 0.573 e. The van der Waals surface area contributed by atoms with Gasteiger partial charge in [0.15, 0.2) is 5.75 Å². The number of aromatic amines is 1. The summed E-state index contributed by atoms with van der Waals surface area (Å²) in [5.41, 5.74) is 0.689. The third kappa shape index (κ3) is 2.16. The van der Waals surface area contributed by atoms with E-state index in [2.05, 4.69) is 14.7 Å². The van der Waals surface area contributed by atoms with Gasteiger partial charge in [0.05, 0.1) is 15.4 Å². The molecule has 0 spiro atoms. The van der Waals surface area contributed by atoms with Crippen LogP contribution >= 0.6 is 22.6 Å². The molecule has 15 heavy (non-hydrogen) atoms. The second kappa shape index (κ2) is 3.54. The molecule has 0 unspecified atom stereocenters. The number of nitrogens with zero attached hydrogens (tertiary/aromatic N) is 1. The number of hydrogen-bond acceptors (Lipinski definition) is 2. The zero-order valence-corrected chi connectivity index (χ0v) is 9.26. The monoisotopic (exact) mass is 328 g/mol. The van der Waals surface area contributed by atoms with Crippen molar-refractivity contribution in [3.05, 3.63) is 22.0 Å². The van der Waals surface area contributed by atoms with Gasteiger partial charge in [-0.3, -0.25) is 0 Å². The summed E-state index contributed by atoms with van der Waals surface area (Å²) in [7, 11) is 0. The number of benzene rings is 1. The highest BCUT2D eigenvalue weighted by molar-refractivity contribution is 14.1. The van der Waals surface area contributed by atoms with Gasteiger partial charge in [-0.25, -0.2) is 4.98 Å². The molecule has 0 aliphatic carbocycles. The number of aromatic nitrogens is 2. The Labute approximate surface area is 95.8 Å². The first-order valence-electron chi connectivity index (χ1n) is 3.85. The van der Waals surface area contributed by atoms with Gasteiger partial charge in [0, 0.05) is 0 Å². The molecule has 1 N–H and O–H groups in total. The molecule has 1 heterocycles. The highest BCUT2D eigenvalue weighted by atomic mass is 127. The maximum atomic E-state index is 12.1. The van der Waals surface area contributed by atoms with Gasteiger partial charge >= 0.3 is 6.36 Å². The van der Waals surface area contributed by atoms with Gasteiger partial charge in [0.2, 0.25) is 0 Å². The molecule has 0 saturated carbocycles. The van der Waals surface area contributed by atoms with Crippen LogP contribution in [0.25, 0.3) is 11.0 Å². The average molecular weight is 328 g/mol. The molecule has 0 radical (unpaired) electrons. The summed E-state index contributed by atoms with van der Waals surface area (Å²) in [4.78, 5) is 6.49. The summed E-state index contributed by atoms with van der Waals surface area (Å²) < 4.78 is 40.6. The van der Waals surface area contributed by atoms with E-state index >= 15 is 0 Å². The van der Waals surface area contributed by atoms with Crippen LogP contribution in [-0.2, 0) is 0 Å². The first kappa shape index (κ1) is 10.5. The maximum Gasteiger partial charge on any atom is 0.573 e. The first-order valence-corrected chi connectivity index (χ1v) is 4.92. The molecule has 0 saturated heterocycles. The van der Waals surface area contributed by atoms with Gasteiger partial charge in [0.1, 0.15) is 5.52 Å². The van der Waals surface area contributed by atoms with E-state index < -0.39 is 6.36 Å². The Morgan fingerprint density at radius 3 is 2.73 bits per heavy atom. The fraction of sp³-hybridized carbons (Fsp3) is 0.125. The summed E-state index contributed by atoms with van der Waals surface area (Å²) >= 11 is 1.77. The lowest BCUT2D eigenvalue weighted by atomic mass is 10.3. The molecule has 1 aromatic heterocycles. The van der Waals surface area contributed by atoms with Crippen molar-refractivity contribution in [2.45, 2.75) is 6.36 Å². The fourth-order valence-electron chi connectivity index (χ4n) is 1.17. The van der Waals surface area contributed by atoms with E-state index in [-0.39, 0.29) is 11.3 Å². The third-order valence-corrected chi connectivity index (χ3v) is 2.56. The van der Waals surface area contributed by atoms with E-state index in [0.717, 1.165) is 0 Å².